The number of hydrogen-bond donors (Lipinski definition) is 1. The first-order valence-electron chi connectivity index (χ1n) is 6.99. The molecule has 1 aliphatic heterocycles. The third-order valence-corrected chi connectivity index (χ3v) is 4.62. The van der Waals surface area contributed by atoms with Crippen molar-refractivity contribution in [3.8, 4) is 6.07 Å². The fourth-order valence-electron chi connectivity index (χ4n) is 3.37. The van der Waals surface area contributed by atoms with E-state index in [-0.39, 0.29) is 5.92 Å². The van der Waals surface area contributed by atoms with E-state index < -0.39 is 0 Å². The van der Waals surface area contributed by atoms with Crippen LogP contribution in [-0.4, -0.2) is 35.7 Å². The first-order valence-corrected chi connectivity index (χ1v) is 6.99. The van der Waals surface area contributed by atoms with Crippen LogP contribution in [0.1, 0.15) is 39.0 Å². The summed E-state index contributed by atoms with van der Waals surface area (Å²) in [6, 6.07) is 2.98. The van der Waals surface area contributed by atoms with E-state index in [9.17, 15) is 5.26 Å². The largest absolute Gasteiger partial charge is 0.396 e. The highest BCUT2D eigenvalue weighted by Crippen LogP contribution is 2.33. The van der Waals surface area contributed by atoms with Crippen LogP contribution >= 0.6 is 0 Å². The molecular weight excluding hydrogens is 212 g/mol. The number of piperidine rings is 1. The lowest BCUT2D eigenvalue weighted by Gasteiger charge is -2.42. The van der Waals surface area contributed by atoms with Crippen LogP contribution in [0.15, 0.2) is 0 Å². The van der Waals surface area contributed by atoms with E-state index in [0.717, 1.165) is 38.3 Å². The minimum absolute atomic E-state index is 0.233. The van der Waals surface area contributed by atoms with Gasteiger partial charge in [0.25, 0.3) is 0 Å². The Morgan fingerprint density at radius 3 is 2.53 bits per heavy atom. The molecule has 0 aromatic heterocycles. The summed E-state index contributed by atoms with van der Waals surface area (Å²) < 4.78 is 0. The smallest absolute Gasteiger partial charge is 0.0672 e. The first-order chi connectivity index (χ1) is 8.24. The molecule has 96 valence electrons. The third-order valence-electron chi connectivity index (χ3n) is 4.62. The molecule has 1 N–H and O–H groups in total. The molecule has 1 saturated heterocycles. The van der Waals surface area contributed by atoms with E-state index in [2.05, 4.69) is 17.9 Å². The molecule has 0 amide bonds. The molecule has 0 spiro atoms. The Bertz CT molecular complexity index is 278. The van der Waals surface area contributed by atoms with Crippen LogP contribution in [0.25, 0.3) is 0 Å². The minimum Gasteiger partial charge on any atom is -0.396 e. The van der Waals surface area contributed by atoms with Crippen molar-refractivity contribution in [3.05, 3.63) is 0 Å². The predicted molar refractivity (Wildman–Crippen MR) is 67.3 cm³/mol. The highest BCUT2D eigenvalue weighted by molar-refractivity contribution is 4.97. The highest BCUT2D eigenvalue weighted by Gasteiger charge is 2.34. The monoisotopic (exact) mass is 236 g/mol. The van der Waals surface area contributed by atoms with Gasteiger partial charge >= 0.3 is 0 Å². The van der Waals surface area contributed by atoms with Gasteiger partial charge in [0.05, 0.1) is 12.0 Å². The van der Waals surface area contributed by atoms with Crippen molar-refractivity contribution in [2.75, 3.05) is 19.7 Å². The molecule has 3 atom stereocenters. The first kappa shape index (κ1) is 12.9. The summed E-state index contributed by atoms with van der Waals surface area (Å²) in [4.78, 5) is 2.51. The lowest BCUT2D eigenvalue weighted by molar-refractivity contribution is 0.0567. The van der Waals surface area contributed by atoms with Crippen LogP contribution in [0.5, 0.6) is 0 Å². The van der Waals surface area contributed by atoms with E-state index in [4.69, 9.17) is 5.11 Å². The fourth-order valence-corrected chi connectivity index (χ4v) is 3.37. The fraction of sp³-hybridized carbons (Fsp3) is 0.929. The summed E-state index contributed by atoms with van der Waals surface area (Å²) >= 11 is 0. The average molecular weight is 236 g/mol. The van der Waals surface area contributed by atoms with Crippen molar-refractivity contribution < 1.29 is 5.11 Å². The number of aliphatic hydroxyl groups is 1. The summed E-state index contributed by atoms with van der Waals surface area (Å²) in [5.41, 5.74) is 0. The molecule has 1 aliphatic carbocycles. The summed E-state index contributed by atoms with van der Waals surface area (Å²) in [5, 5.41) is 18.4. The number of aliphatic hydroxyl groups excluding tert-OH is 1. The Morgan fingerprint density at radius 2 is 1.94 bits per heavy atom. The van der Waals surface area contributed by atoms with Crippen LogP contribution < -0.4 is 0 Å². The third kappa shape index (κ3) is 3.00. The molecule has 0 aromatic rings. The topological polar surface area (TPSA) is 47.3 Å². The second-order valence-electron chi connectivity index (χ2n) is 5.88. The molecule has 3 unspecified atom stereocenters. The maximum atomic E-state index is 9.26. The molecule has 2 aliphatic rings. The molecule has 0 radical (unpaired) electrons. The molecule has 17 heavy (non-hydrogen) atoms. The van der Waals surface area contributed by atoms with E-state index in [1.807, 2.05) is 0 Å². The maximum absolute atomic E-state index is 9.26. The van der Waals surface area contributed by atoms with Crippen LogP contribution in [0.3, 0.4) is 0 Å². The Labute approximate surface area is 104 Å². The lowest BCUT2D eigenvalue weighted by atomic mass is 9.78. The van der Waals surface area contributed by atoms with Crippen molar-refractivity contribution >= 4 is 0 Å². The lowest BCUT2D eigenvalue weighted by Crippen LogP contribution is -2.47. The molecule has 3 nitrogen and oxygen atoms in total. The van der Waals surface area contributed by atoms with E-state index in [1.165, 1.54) is 12.8 Å². The van der Waals surface area contributed by atoms with Crippen molar-refractivity contribution in [2.45, 2.75) is 45.1 Å². The second kappa shape index (κ2) is 5.84. The Hall–Kier alpha value is -0.590. The molecule has 0 bridgehead atoms. The van der Waals surface area contributed by atoms with Crippen LogP contribution in [0, 0.1) is 29.1 Å². The summed E-state index contributed by atoms with van der Waals surface area (Å²) in [7, 11) is 0. The molecule has 1 heterocycles. The van der Waals surface area contributed by atoms with Gasteiger partial charge in [-0.05, 0) is 57.0 Å². The van der Waals surface area contributed by atoms with Gasteiger partial charge in [-0.25, -0.2) is 0 Å². The Morgan fingerprint density at radius 1 is 1.24 bits per heavy atom. The van der Waals surface area contributed by atoms with Crippen LogP contribution in [0.2, 0.25) is 0 Å². The van der Waals surface area contributed by atoms with Crippen LogP contribution in [-0.2, 0) is 0 Å². The molecule has 1 saturated carbocycles. The summed E-state index contributed by atoms with van der Waals surface area (Å²) in [6.45, 7) is 4.78. The van der Waals surface area contributed by atoms with Crippen molar-refractivity contribution in [1.29, 1.82) is 5.26 Å². The molecule has 2 rings (SSSR count). The zero-order valence-electron chi connectivity index (χ0n) is 10.8. The van der Waals surface area contributed by atoms with Gasteiger partial charge in [0.15, 0.2) is 0 Å². The summed E-state index contributed by atoms with van der Waals surface area (Å²) in [5.74, 6) is 1.49. The van der Waals surface area contributed by atoms with Crippen molar-refractivity contribution in [3.63, 3.8) is 0 Å². The number of likely N-dealkylation sites (tertiary alicyclic amines) is 1. The number of hydrogen-bond acceptors (Lipinski definition) is 3. The molecule has 3 heteroatoms. The van der Waals surface area contributed by atoms with Gasteiger partial charge in [-0.3, -0.25) is 4.90 Å². The van der Waals surface area contributed by atoms with E-state index in [0.29, 0.717) is 18.6 Å². The van der Waals surface area contributed by atoms with Gasteiger partial charge in [0.2, 0.25) is 0 Å². The summed E-state index contributed by atoms with van der Waals surface area (Å²) in [6.07, 6.45) is 5.66. The second-order valence-corrected chi connectivity index (χ2v) is 5.88. The predicted octanol–water partition coefficient (Wildman–Crippen LogP) is 2.02. The van der Waals surface area contributed by atoms with Gasteiger partial charge in [-0.15, -0.1) is 0 Å². The Balaban J connectivity index is 1.93. The van der Waals surface area contributed by atoms with Gasteiger partial charge in [-0.1, -0.05) is 6.92 Å². The van der Waals surface area contributed by atoms with Crippen molar-refractivity contribution in [2.24, 2.45) is 17.8 Å². The SMILES string of the molecule is CC1CCC(C#N)C(N2CCC(CO)CC2)C1. The standard InChI is InChI=1S/C14H24N2O/c1-11-2-3-13(9-15)14(8-11)16-6-4-12(10-17)5-7-16/h11-14,17H,2-8,10H2,1H3. The zero-order valence-corrected chi connectivity index (χ0v) is 10.8. The quantitative estimate of drug-likeness (QED) is 0.798. The Kier molecular flexibility index (Phi) is 4.42. The zero-order chi connectivity index (χ0) is 12.3. The number of nitrogens with zero attached hydrogens (tertiary/aromatic N) is 2. The molecular formula is C14H24N2O. The minimum atomic E-state index is 0.233. The molecule has 2 fully saturated rings. The van der Waals surface area contributed by atoms with Gasteiger partial charge in [0.1, 0.15) is 0 Å². The van der Waals surface area contributed by atoms with Gasteiger partial charge in [-0.2, -0.15) is 5.26 Å². The van der Waals surface area contributed by atoms with Crippen molar-refractivity contribution in [1.82, 2.24) is 4.90 Å². The van der Waals surface area contributed by atoms with Gasteiger partial charge in [0, 0.05) is 12.6 Å². The maximum Gasteiger partial charge on any atom is 0.0672 e. The number of nitriles is 1. The van der Waals surface area contributed by atoms with E-state index in [1.54, 1.807) is 0 Å². The normalized spacial score (nSPS) is 36.6. The van der Waals surface area contributed by atoms with Crippen LogP contribution in [0.4, 0.5) is 0 Å². The van der Waals surface area contributed by atoms with Gasteiger partial charge < -0.3 is 5.11 Å². The highest BCUT2D eigenvalue weighted by atomic mass is 16.3. The van der Waals surface area contributed by atoms with E-state index >= 15 is 0 Å². The molecule has 0 aromatic carbocycles. The average Bonchev–Trinajstić information content (AvgIpc) is 2.39. The number of rotatable bonds is 2.